The molecule has 1 amide bonds. The van der Waals surface area contributed by atoms with E-state index in [-0.39, 0.29) is 11.3 Å². The highest BCUT2D eigenvalue weighted by Crippen LogP contribution is 2.43. The second-order valence-electron chi connectivity index (χ2n) is 8.96. The Balaban J connectivity index is 1.84. The average Bonchev–Trinajstić information content (AvgIpc) is 3.18. The molecular weight excluding hydrogens is 468 g/mol. The summed E-state index contributed by atoms with van der Waals surface area (Å²) in [5, 5.41) is 11.4. The molecule has 0 radical (unpaired) electrons. The highest BCUT2D eigenvalue weighted by Gasteiger charge is 2.47. The smallest absolute Gasteiger partial charge is 0.300 e. The molecule has 1 heterocycles. The van der Waals surface area contributed by atoms with Gasteiger partial charge < -0.3 is 19.5 Å². The summed E-state index contributed by atoms with van der Waals surface area (Å²) >= 11 is 0. The number of rotatable bonds is 9. The Labute approximate surface area is 217 Å². The predicted octanol–water partition coefficient (Wildman–Crippen LogP) is 5.57. The number of aliphatic hydroxyl groups excluding tert-OH is 1. The van der Waals surface area contributed by atoms with Crippen molar-refractivity contribution < 1.29 is 24.2 Å². The number of amides is 1. The summed E-state index contributed by atoms with van der Waals surface area (Å²) < 4.78 is 11.3. The Bertz CT molecular complexity index is 1300. The van der Waals surface area contributed by atoms with Crippen LogP contribution < -0.4 is 19.3 Å². The first kappa shape index (κ1) is 25.8. The van der Waals surface area contributed by atoms with E-state index in [9.17, 15) is 14.7 Å². The van der Waals surface area contributed by atoms with E-state index in [0.717, 1.165) is 12.1 Å². The molecule has 1 fully saturated rings. The molecule has 7 heteroatoms. The minimum absolute atomic E-state index is 0.0339. The second-order valence-corrected chi connectivity index (χ2v) is 8.96. The maximum absolute atomic E-state index is 13.4. The summed E-state index contributed by atoms with van der Waals surface area (Å²) in [6.07, 6.45) is 0.877. The number of hydrogen-bond acceptors (Lipinski definition) is 6. The van der Waals surface area contributed by atoms with E-state index in [1.807, 2.05) is 57.1 Å². The fraction of sp³-hybridized carbons (Fsp3) is 0.267. The van der Waals surface area contributed by atoms with Crippen LogP contribution in [0.4, 0.5) is 11.4 Å². The van der Waals surface area contributed by atoms with E-state index in [2.05, 4.69) is 0 Å². The van der Waals surface area contributed by atoms with Crippen molar-refractivity contribution in [3.05, 3.63) is 89.5 Å². The molecule has 1 unspecified atom stereocenters. The Morgan fingerprint density at radius 2 is 1.62 bits per heavy atom. The molecule has 0 bridgehead atoms. The van der Waals surface area contributed by atoms with Crippen molar-refractivity contribution in [1.82, 2.24) is 0 Å². The standard InChI is InChI=1S/C30H32N2O5/c1-5-18-37-24-16-12-21(13-17-24)28(33)26-27(20-10-14-22(15-11-20)31(3)4)32(30(35)29(26)34)23-8-7-9-25(19-23)36-6-2/h7-17,19,27,33H,5-6,18H2,1-4H3/b28-26+. The van der Waals surface area contributed by atoms with E-state index in [0.29, 0.717) is 41.5 Å². The minimum atomic E-state index is -0.816. The van der Waals surface area contributed by atoms with E-state index >= 15 is 0 Å². The van der Waals surface area contributed by atoms with E-state index in [1.54, 1.807) is 48.5 Å². The summed E-state index contributed by atoms with van der Waals surface area (Å²) in [4.78, 5) is 30.2. The molecule has 3 aromatic rings. The molecule has 1 saturated heterocycles. The van der Waals surface area contributed by atoms with Crippen molar-refractivity contribution in [2.45, 2.75) is 26.3 Å². The van der Waals surface area contributed by atoms with Gasteiger partial charge in [-0.15, -0.1) is 0 Å². The lowest BCUT2D eigenvalue weighted by atomic mass is 9.95. The summed E-state index contributed by atoms with van der Waals surface area (Å²) in [6.45, 7) is 4.95. The van der Waals surface area contributed by atoms with Crippen LogP contribution in [0.3, 0.4) is 0 Å². The number of ketones is 1. The van der Waals surface area contributed by atoms with Gasteiger partial charge in [0.1, 0.15) is 17.3 Å². The Kier molecular flexibility index (Phi) is 7.82. The van der Waals surface area contributed by atoms with Crippen LogP contribution in [-0.4, -0.2) is 44.1 Å². The van der Waals surface area contributed by atoms with Gasteiger partial charge in [0.15, 0.2) is 0 Å². The number of ether oxygens (including phenoxy) is 2. The highest BCUT2D eigenvalue weighted by molar-refractivity contribution is 6.51. The minimum Gasteiger partial charge on any atom is -0.507 e. The molecule has 1 N–H and O–H groups in total. The van der Waals surface area contributed by atoms with E-state index < -0.39 is 17.7 Å². The molecule has 1 atom stereocenters. The third kappa shape index (κ3) is 5.31. The molecule has 0 spiro atoms. The van der Waals surface area contributed by atoms with Crippen LogP contribution in [0.1, 0.15) is 37.4 Å². The first-order valence-corrected chi connectivity index (χ1v) is 12.4. The summed E-state index contributed by atoms with van der Waals surface area (Å²) in [7, 11) is 3.88. The van der Waals surface area contributed by atoms with Crippen LogP contribution in [0.5, 0.6) is 11.5 Å². The van der Waals surface area contributed by atoms with Crippen LogP contribution in [-0.2, 0) is 9.59 Å². The van der Waals surface area contributed by atoms with Crippen molar-refractivity contribution >= 4 is 28.8 Å². The molecule has 0 saturated carbocycles. The number of nitrogens with zero attached hydrogens (tertiary/aromatic N) is 2. The SMILES string of the molecule is CCCOc1ccc(/C(O)=C2\C(=O)C(=O)N(c3cccc(OCC)c3)C2c2ccc(N(C)C)cc2)cc1. The van der Waals surface area contributed by atoms with Crippen molar-refractivity contribution in [3.8, 4) is 11.5 Å². The van der Waals surface area contributed by atoms with Crippen molar-refractivity contribution in [2.24, 2.45) is 0 Å². The number of anilines is 2. The fourth-order valence-electron chi connectivity index (χ4n) is 4.34. The van der Waals surface area contributed by atoms with Crippen molar-refractivity contribution in [2.75, 3.05) is 37.1 Å². The van der Waals surface area contributed by atoms with Gasteiger partial charge in [-0.3, -0.25) is 14.5 Å². The van der Waals surface area contributed by atoms with Crippen LogP contribution >= 0.6 is 0 Å². The number of Topliss-reactive ketones (excluding diaryl/α,β-unsaturated/α-hetero) is 1. The molecule has 4 rings (SSSR count). The van der Waals surface area contributed by atoms with E-state index in [4.69, 9.17) is 9.47 Å². The van der Waals surface area contributed by atoms with Crippen molar-refractivity contribution in [3.63, 3.8) is 0 Å². The molecule has 37 heavy (non-hydrogen) atoms. The normalized spacial score (nSPS) is 16.6. The number of aliphatic hydroxyl groups is 1. The molecule has 192 valence electrons. The van der Waals surface area contributed by atoms with Gasteiger partial charge in [-0.25, -0.2) is 0 Å². The predicted molar refractivity (Wildman–Crippen MR) is 145 cm³/mol. The lowest BCUT2D eigenvalue weighted by Crippen LogP contribution is -2.29. The van der Waals surface area contributed by atoms with Crippen molar-refractivity contribution in [1.29, 1.82) is 0 Å². The number of hydrogen-bond donors (Lipinski definition) is 1. The molecule has 1 aliphatic rings. The Morgan fingerprint density at radius 3 is 2.24 bits per heavy atom. The first-order valence-electron chi connectivity index (χ1n) is 12.4. The average molecular weight is 501 g/mol. The van der Waals surface area contributed by atoms with Gasteiger partial charge in [0.25, 0.3) is 11.7 Å². The van der Waals surface area contributed by atoms with Crippen LogP contribution in [0, 0.1) is 0 Å². The van der Waals surface area contributed by atoms with Gasteiger partial charge in [0.2, 0.25) is 0 Å². The van der Waals surface area contributed by atoms with Gasteiger partial charge in [-0.1, -0.05) is 25.1 Å². The van der Waals surface area contributed by atoms with Gasteiger partial charge in [-0.2, -0.15) is 0 Å². The summed E-state index contributed by atoms with van der Waals surface area (Å²) in [5.41, 5.74) is 2.65. The lowest BCUT2D eigenvalue weighted by Gasteiger charge is -2.26. The molecule has 0 aliphatic carbocycles. The van der Waals surface area contributed by atoms with Gasteiger partial charge in [-0.05, 0) is 67.4 Å². The second kappa shape index (κ2) is 11.2. The maximum Gasteiger partial charge on any atom is 0.300 e. The zero-order chi connectivity index (χ0) is 26.5. The number of carbonyl (C=O) groups is 2. The summed E-state index contributed by atoms with van der Waals surface area (Å²) in [5.74, 6) is -0.425. The monoisotopic (exact) mass is 500 g/mol. The quantitative estimate of drug-likeness (QED) is 0.235. The third-order valence-electron chi connectivity index (χ3n) is 6.18. The lowest BCUT2D eigenvalue weighted by molar-refractivity contribution is -0.132. The zero-order valence-corrected chi connectivity index (χ0v) is 21.6. The van der Waals surface area contributed by atoms with Gasteiger partial charge in [0.05, 0.1) is 24.8 Å². The molecular formula is C30H32N2O5. The zero-order valence-electron chi connectivity index (χ0n) is 21.6. The fourth-order valence-corrected chi connectivity index (χ4v) is 4.34. The topological polar surface area (TPSA) is 79.3 Å². The largest absolute Gasteiger partial charge is 0.507 e. The Morgan fingerprint density at radius 1 is 0.919 bits per heavy atom. The highest BCUT2D eigenvalue weighted by atomic mass is 16.5. The third-order valence-corrected chi connectivity index (χ3v) is 6.18. The van der Waals surface area contributed by atoms with Gasteiger partial charge >= 0.3 is 0 Å². The van der Waals surface area contributed by atoms with Crippen LogP contribution in [0.25, 0.3) is 5.76 Å². The number of carbonyl (C=O) groups excluding carboxylic acids is 2. The first-order chi connectivity index (χ1) is 17.8. The Hall–Kier alpha value is -4.26. The van der Waals surface area contributed by atoms with Crippen LogP contribution in [0.2, 0.25) is 0 Å². The molecule has 0 aromatic heterocycles. The van der Waals surface area contributed by atoms with Gasteiger partial charge in [0, 0.05) is 37.1 Å². The number of benzene rings is 3. The molecule has 3 aromatic carbocycles. The molecule has 7 nitrogen and oxygen atoms in total. The van der Waals surface area contributed by atoms with E-state index in [1.165, 1.54) is 4.90 Å². The van der Waals surface area contributed by atoms with Crippen LogP contribution in [0.15, 0.2) is 78.4 Å². The maximum atomic E-state index is 13.4. The molecule has 1 aliphatic heterocycles. The summed E-state index contributed by atoms with van der Waals surface area (Å²) in [6, 6.07) is 20.7.